The minimum absolute atomic E-state index is 0.221. The lowest BCUT2D eigenvalue weighted by molar-refractivity contribution is 0.0594. The van der Waals surface area contributed by atoms with E-state index in [1.165, 1.54) is 7.11 Å². The molecule has 9 nitrogen and oxygen atoms in total. The predicted octanol–water partition coefficient (Wildman–Crippen LogP) is 4.79. The van der Waals surface area contributed by atoms with Crippen molar-refractivity contribution in [2.24, 2.45) is 0 Å². The molecule has 5 rings (SSSR count). The minimum Gasteiger partial charge on any atom is -0.480 e. The van der Waals surface area contributed by atoms with Gasteiger partial charge in [-0.2, -0.15) is 0 Å². The summed E-state index contributed by atoms with van der Waals surface area (Å²) >= 11 is 0. The van der Waals surface area contributed by atoms with Crippen LogP contribution in [0.2, 0.25) is 0 Å². The highest BCUT2D eigenvalue weighted by Gasteiger charge is 2.24. The highest BCUT2D eigenvalue weighted by Crippen LogP contribution is 2.32. The van der Waals surface area contributed by atoms with Crippen LogP contribution in [0.25, 0.3) is 0 Å². The molecular formula is C30H29N5O4. The average molecular weight is 524 g/mol. The van der Waals surface area contributed by atoms with Gasteiger partial charge in [0.05, 0.1) is 7.11 Å². The van der Waals surface area contributed by atoms with Crippen molar-refractivity contribution in [1.82, 2.24) is 14.9 Å². The second kappa shape index (κ2) is 12.1. The van der Waals surface area contributed by atoms with E-state index in [9.17, 15) is 9.59 Å². The lowest BCUT2D eigenvalue weighted by atomic mass is 10.0. The van der Waals surface area contributed by atoms with Crippen molar-refractivity contribution in [3.05, 3.63) is 114 Å². The zero-order chi connectivity index (χ0) is 27.0. The van der Waals surface area contributed by atoms with E-state index < -0.39 is 12.1 Å². The predicted molar refractivity (Wildman–Crippen MR) is 148 cm³/mol. The number of methoxy groups -OCH3 is 1. The Labute approximate surface area is 227 Å². The number of benzene rings is 3. The molecule has 1 fully saturated rings. The van der Waals surface area contributed by atoms with E-state index in [-0.39, 0.29) is 11.6 Å². The number of urea groups is 1. The molecule has 2 heterocycles. The zero-order valence-electron chi connectivity index (χ0n) is 21.6. The fourth-order valence-electron chi connectivity index (χ4n) is 4.46. The van der Waals surface area contributed by atoms with Gasteiger partial charge in [0.15, 0.2) is 0 Å². The number of piperazine rings is 1. The van der Waals surface area contributed by atoms with Gasteiger partial charge in [-0.05, 0) is 35.4 Å². The molecule has 0 aliphatic carbocycles. The van der Waals surface area contributed by atoms with Crippen LogP contribution in [0.1, 0.15) is 27.6 Å². The van der Waals surface area contributed by atoms with Crippen molar-refractivity contribution in [1.29, 1.82) is 0 Å². The molecule has 4 aromatic rings. The molecule has 39 heavy (non-hydrogen) atoms. The number of aromatic nitrogens is 2. The first-order valence-electron chi connectivity index (χ1n) is 12.7. The van der Waals surface area contributed by atoms with Gasteiger partial charge in [0.2, 0.25) is 5.95 Å². The molecule has 0 radical (unpaired) electrons. The van der Waals surface area contributed by atoms with Gasteiger partial charge in [0.25, 0.3) is 0 Å². The Balaban J connectivity index is 1.32. The summed E-state index contributed by atoms with van der Waals surface area (Å²) in [6.07, 6.45) is 2.96. The highest BCUT2D eigenvalue weighted by atomic mass is 16.5. The summed E-state index contributed by atoms with van der Waals surface area (Å²) in [5.41, 5.74) is 2.57. The van der Waals surface area contributed by atoms with Gasteiger partial charge in [-0.3, -0.25) is 0 Å². The third-order valence-corrected chi connectivity index (χ3v) is 6.49. The Hall–Kier alpha value is -4.92. The second-order valence-corrected chi connectivity index (χ2v) is 8.97. The number of anilines is 2. The highest BCUT2D eigenvalue weighted by molar-refractivity contribution is 5.96. The number of hydrogen-bond donors (Lipinski definition) is 1. The Morgan fingerprint density at radius 3 is 2.03 bits per heavy atom. The van der Waals surface area contributed by atoms with Crippen LogP contribution < -0.4 is 15.0 Å². The maximum absolute atomic E-state index is 13.0. The van der Waals surface area contributed by atoms with Crippen molar-refractivity contribution in [2.45, 2.75) is 6.10 Å². The van der Waals surface area contributed by atoms with E-state index in [4.69, 9.17) is 9.47 Å². The number of nitrogens with zero attached hydrogens (tertiary/aromatic N) is 4. The van der Waals surface area contributed by atoms with E-state index in [0.29, 0.717) is 43.6 Å². The van der Waals surface area contributed by atoms with E-state index in [1.54, 1.807) is 41.6 Å². The Kier molecular flexibility index (Phi) is 7.97. The number of carbonyl (C=O) groups excluding carboxylic acids is 2. The first-order chi connectivity index (χ1) is 19.1. The monoisotopic (exact) mass is 523 g/mol. The van der Waals surface area contributed by atoms with Crippen LogP contribution in [-0.2, 0) is 4.74 Å². The molecule has 1 aliphatic rings. The van der Waals surface area contributed by atoms with Crippen molar-refractivity contribution in [2.75, 3.05) is 43.5 Å². The van der Waals surface area contributed by atoms with E-state index in [2.05, 4.69) is 15.3 Å². The van der Waals surface area contributed by atoms with Crippen molar-refractivity contribution < 1.29 is 19.1 Å². The molecule has 198 valence electrons. The van der Waals surface area contributed by atoms with Gasteiger partial charge in [-0.1, -0.05) is 60.7 Å². The molecule has 1 N–H and O–H groups in total. The molecule has 2 amide bonds. The van der Waals surface area contributed by atoms with Gasteiger partial charge in [-0.15, -0.1) is 0 Å². The average Bonchev–Trinajstić information content (AvgIpc) is 3.01. The molecule has 0 atom stereocenters. The number of nitrogens with one attached hydrogen (secondary N) is 1. The number of rotatable bonds is 7. The summed E-state index contributed by atoms with van der Waals surface area (Å²) in [5.74, 6) is 0.451. The number of amides is 2. The number of carbonyl (C=O) groups is 2. The Bertz CT molecular complexity index is 1360. The first-order valence-corrected chi connectivity index (χ1v) is 12.7. The van der Waals surface area contributed by atoms with Crippen LogP contribution >= 0.6 is 0 Å². The molecule has 0 bridgehead atoms. The third kappa shape index (κ3) is 6.15. The molecular weight excluding hydrogens is 494 g/mol. The smallest absolute Gasteiger partial charge is 0.341 e. The van der Waals surface area contributed by atoms with Crippen LogP contribution in [0.3, 0.4) is 0 Å². The summed E-state index contributed by atoms with van der Waals surface area (Å²) in [6, 6.07) is 26.1. The molecule has 0 saturated carbocycles. The fourth-order valence-corrected chi connectivity index (χ4v) is 4.46. The molecule has 0 spiro atoms. The minimum atomic E-state index is -0.558. The van der Waals surface area contributed by atoms with E-state index in [0.717, 1.165) is 11.1 Å². The van der Waals surface area contributed by atoms with Crippen LogP contribution in [0.4, 0.5) is 16.4 Å². The standard InChI is InChI=1S/C30H29N5O4/c1-38-28(36)25-21-24(33-30(37)35-19-17-34(18-20-35)29-31-15-8-16-32-29)13-14-26(25)39-27(22-9-4-2-5-10-22)23-11-6-3-7-12-23/h2-16,21,27H,17-20H2,1H3,(H,33,37). The maximum Gasteiger partial charge on any atom is 0.341 e. The Morgan fingerprint density at radius 1 is 0.821 bits per heavy atom. The molecule has 9 heteroatoms. The van der Waals surface area contributed by atoms with Crippen LogP contribution in [0.15, 0.2) is 97.3 Å². The normalized spacial score (nSPS) is 13.2. The lowest BCUT2D eigenvalue weighted by Crippen LogP contribution is -2.50. The van der Waals surface area contributed by atoms with Crippen LogP contribution in [0, 0.1) is 0 Å². The molecule has 1 aromatic heterocycles. The van der Waals surface area contributed by atoms with Crippen molar-refractivity contribution >= 4 is 23.6 Å². The number of esters is 1. The van der Waals surface area contributed by atoms with E-state index >= 15 is 0 Å². The molecule has 0 unspecified atom stereocenters. The molecule has 1 aliphatic heterocycles. The van der Waals surface area contributed by atoms with Gasteiger partial charge in [0, 0.05) is 44.3 Å². The lowest BCUT2D eigenvalue weighted by Gasteiger charge is -2.34. The fraction of sp³-hybridized carbons (Fsp3) is 0.200. The van der Waals surface area contributed by atoms with Gasteiger partial charge in [0.1, 0.15) is 17.4 Å². The third-order valence-electron chi connectivity index (χ3n) is 6.49. The quantitative estimate of drug-likeness (QED) is 0.348. The Morgan fingerprint density at radius 2 is 1.44 bits per heavy atom. The van der Waals surface area contributed by atoms with Gasteiger partial charge < -0.3 is 24.6 Å². The second-order valence-electron chi connectivity index (χ2n) is 8.97. The zero-order valence-corrected chi connectivity index (χ0v) is 21.6. The molecule has 1 saturated heterocycles. The van der Waals surface area contributed by atoms with Crippen LogP contribution in [0.5, 0.6) is 5.75 Å². The summed E-state index contributed by atoms with van der Waals surface area (Å²) < 4.78 is 11.5. The van der Waals surface area contributed by atoms with Crippen molar-refractivity contribution in [3.63, 3.8) is 0 Å². The largest absolute Gasteiger partial charge is 0.480 e. The van der Waals surface area contributed by atoms with Crippen molar-refractivity contribution in [3.8, 4) is 5.75 Å². The first kappa shape index (κ1) is 25.7. The SMILES string of the molecule is COC(=O)c1cc(NC(=O)N2CCN(c3ncccn3)CC2)ccc1OC(c1ccccc1)c1ccccc1. The number of ether oxygens (including phenoxy) is 2. The topological polar surface area (TPSA) is 96.9 Å². The summed E-state index contributed by atoms with van der Waals surface area (Å²) in [5, 5.41) is 2.90. The summed E-state index contributed by atoms with van der Waals surface area (Å²) in [6.45, 7) is 2.28. The van der Waals surface area contributed by atoms with Crippen LogP contribution in [-0.4, -0.2) is 60.2 Å². The summed E-state index contributed by atoms with van der Waals surface area (Å²) in [7, 11) is 1.32. The van der Waals surface area contributed by atoms with Gasteiger partial charge >= 0.3 is 12.0 Å². The molecule has 3 aromatic carbocycles. The van der Waals surface area contributed by atoms with E-state index in [1.807, 2.05) is 65.6 Å². The van der Waals surface area contributed by atoms with Gasteiger partial charge in [-0.25, -0.2) is 19.6 Å². The maximum atomic E-state index is 13.0. The summed E-state index contributed by atoms with van der Waals surface area (Å²) in [4.78, 5) is 38.1. The number of hydrogen-bond acceptors (Lipinski definition) is 7.